The van der Waals surface area contributed by atoms with Crippen LogP contribution in [0.2, 0.25) is 0 Å². The predicted octanol–water partition coefficient (Wildman–Crippen LogP) is 2.95. The first-order valence-corrected chi connectivity index (χ1v) is 14.0. The van der Waals surface area contributed by atoms with Gasteiger partial charge in [0.05, 0.1) is 25.7 Å². The van der Waals surface area contributed by atoms with Crippen molar-refractivity contribution in [2.75, 3.05) is 32.8 Å². The minimum Gasteiger partial charge on any atom is -0.460 e. The number of methoxy groups -OCH3 is 1. The Morgan fingerprint density at radius 1 is 0.848 bits per heavy atom. The third-order valence-corrected chi connectivity index (χ3v) is 5.93. The summed E-state index contributed by atoms with van der Waals surface area (Å²) in [7, 11) is -5.72. The average molecular weight is 503 g/mol. The lowest BCUT2D eigenvalue weighted by Gasteiger charge is -2.22. The molecule has 0 aliphatic heterocycles. The second-order valence-electron chi connectivity index (χ2n) is 7.62. The fourth-order valence-corrected chi connectivity index (χ4v) is 4.11. The molecule has 0 N–H and O–H groups in total. The lowest BCUT2D eigenvalue weighted by Crippen LogP contribution is -2.25. The number of hydrogen-bond acceptors (Lipinski definition) is 9. The summed E-state index contributed by atoms with van der Waals surface area (Å²) >= 11 is 0. The van der Waals surface area contributed by atoms with Crippen LogP contribution in [0.1, 0.15) is 37.4 Å². The standard InChI is InChI=1S/C22H30O9S2/c1-28-21(19-13-12-17-8-4-5-9-18(17)16-19)22(23)31-20(10-6-14-29-32(2,24)25)11-7-15-30-33(3,26)27/h4-5,8-9,12-13,16,20-21H,6-7,10-11,14-15H2,1-3H3. The van der Waals surface area contributed by atoms with Crippen molar-refractivity contribution in [3.8, 4) is 0 Å². The third-order valence-electron chi connectivity index (χ3n) is 4.74. The number of esters is 1. The van der Waals surface area contributed by atoms with Crippen LogP contribution in [0.15, 0.2) is 42.5 Å². The smallest absolute Gasteiger partial charge is 0.340 e. The Kier molecular flexibility index (Phi) is 10.2. The number of benzene rings is 2. The molecular weight excluding hydrogens is 472 g/mol. The Labute approximate surface area is 195 Å². The van der Waals surface area contributed by atoms with E-state index in [4.69, 9.17) is 17.8 Å². The van der Waals surface area contributed by atoms with Crippen LogP contribution in [-0.4, -0.2) is 61.7 Å². The Morgan fingerprint density at radius 2 is 1.39 bits per heavy atom. The Balaban J connectivity index is 2.05. The van der Waals surface area contributed by atoms with Gasteiger partial charge >= 0.3 is 5.97 Å². The summed E-state index contributed by atoms with van der Waals surface area (Å²) in [6.45, 7) is -0.101. The fraction of sp³-hybridized carbons (Fsp3) is 0.500. The van der Waals surface area contributed by atoms with Crippen LogP contribution < -0.4 is 0 Å². The van der Waals surface area contributed by atoms with E-state index < -0.39 is 38.4 Å². The van der Waals surface area contributed by atoms with Gasteiger partial charge in [-0.2, -0.15) is 16.8 Å². The van der Waals surface area contributed by atoms with E-state index in [1.54, 1.807) is 6.07 Å². The number of carbonyl (C=O) groups excluding carboxylic acids is 1. The van der Waals surface area contributed by atoms with Crippen molar-refractivity contribution in [3.63, 3.8) is 0 Å². The lowest BCUT2D eigenvalue weighted by molar-refractivity contribution is -0.162. The van der Waals surface area contributed by atoms with Crippen LogP contribution in [0.5, 0.6) is 0 Å². The summed E-state index contributed by atoms with van der Waals surface area (Å²) in [5, 5.41) is 1.98. The summed E-state index contributed by atoms with van der Waals surface area (Å²) in [6.07, 6.45) is 1.68. The molecule has 1 atom stereocenters. The summed E-state index contributed by atoms with van der Waals surface area (Å²) in [5.41, 5.74) is 0.640. The highest BCUT2D eigenvalue weighted by Gasteiger charge is 2.25. The molecule has 0 aliphatic carbocycles. The molecule has 184 valence electrons. The molecule has 9 nitrogen and oxygen atoms in total. The van der Waals surface area contributed by atoms with Crippen molar-refractivity contribution in [1.29, 1.82) is 0 Å². The lowest BCUT2D eigenvalue weighted by atomic mass is 10.0. The molecule has 0 saturated heterocycles. The molecule has 0 amide bonds. The van der Waals surface area contributed by atoms with Crippen molar-refractivity contribution >= 4 is 37.0 Å². The van der Waals surface area contributed by atoms with E-state index in [-0.39, 0.29) is 13.2 Å². The second-order valence-corrected chi connectivity index (χ2v) is 10.9. The van der Waals surface area contributed by atoms with Gasteiger partial charge in [-0.1, -0.05) is 36.4 Å². The normalized spacial score (nSPS) is 13.3. The van der Waals surface area contributed by atoms with Gasteiger partial charge < -0.3 is 9.47 Å². The first kappa shape index (κ1) is 27.2. The van der Waals surface area contributed by atoms with Crippen molar-refractivity contribution in [2.45, 2.75) is 37.9 Å². The third kappa shape index (κ3) is 10.2. The zero-order valence-electron chi connectivity index (χ0n) is 18.9. The van der Waals surface area contributed by atoms with E-state index in [0.29, 0.717) is 31.2 Å². The van der Waals surface area contributed by atoms with Gasteiger partial charge in [-0.25, -0.2) is 4.79 Å². The van der Waals surface area contributed by atoms with Crippen LogP contribution >= 0.6 is 0 Å². The molecular formula is C22H30O9S2. The van der Waals surface area contributed by atoms with E-state index in [1.807, 2.05) is 36.4 Å². The number of carbonyl (C=O) groups is 1. The second kappa shape index (κ2) is 12.4. The Morgan fingerprint density at radius 3 is 1.91 bits per heavy atom. The Bertz CT molecular complexity index is 1090. The van der Waals surface area contributed by atoms with E-state index in [2.05, 4.69) is 0 Å². The minimum absolute atomic E-state index is 0.0505. The number of fused-ring (bicyclic) bond motifs is 1. The summed E-state index contributed by atoms with van der Waals surface area (Å²) in [4.78, 5) is 12.9. The zero-order valence-corrected chi connectivity index (χ0v) is 20.6. The molecule has 0 saturated carbocycles. The van der Waals surface area contributed by atoms with E-state index >= 15 is 0 Å². The topological polar surface area (TPSA) is 122 Å². The van der Waals surface area contributed by atoms with Crippen molar-refractivity contribution in [2.24, 2.45) is 0 Å². The molecule has 0 aromatic heterocycles. The predicted molar refractivity (Wildman–Crippen MR) is 124 cm³/mol. The summed E-state index contributed by atoms with van der Waals surface area (Å²) < 4.78 is 65.1. The average Bonchev–Trinajstić information content (AvgIpc) is 2.73. The van der Waals surface area contributed by atoms with Gasteiger partial charge in [-0.15, -0.1) is 0 Å². The fourth-order valence-electron chi connectivity index (χ4n) is 3.27. The SMILES string of the molecule is COC(C(=O)OC(CCCOS(C)(=O)=O)CCCOS(C)(=O)=O)c1ccc2ccccc2c1. The van der Waals surface area contributed by atoms with Crippen LogP contribution in [0, 0.1) is 0 Å². The molecule has 33 heavy (non-hydrogen) atoms. The van der Waals surface area contributed by atoms with Gasteiger partial charge in [-0.05, 0) is 48.1 Å². The van der Waals surface area contributed by atoms with E-state index in [0.717, 1.165) is 23.3 Å². The molecule has 11 heteroatoms. The zero-order chi connectivity index (χ0) is 24.5. The maximum Gasteiger partial charge on any atom is 0.340 e. The van der Waals surface area contributed by atoms with E-state index in [1.165, 1.54) is 7.11 Å². The first-order valence-electron chi connectivity index (χ1n) is 10.4. The minimum atomic E-state index is -3.57. The molecule has 1 unspecified atom stereocenters. The van der Waals surface area contributed by atoms with Gasteiger partial charge in [0.25, 0.3) is 20.2 Å². The van der Waals surface area contributed by atoms with Crippen molar-refractivity contribution in [1.82, 2.24) is 0 Å². The monoisotopic (exact) mass is 502 g/mol. The Hall–Kier alpha value is -2.05. The van der Waals surface area contributed by atoms with Gasteiger partial charge in [0.1, 0.15) is 6.10 Å². The van der Waals surface area contributed by atoms with Gasteiger partial charge in [0.15, 0.2) is 6.10 Å². The highest BCUT2D eigenvalue weighted by molar-refractivity contribution is 7.86. The molecule has 0 heterocycles. The molecule has 0 aliphatic rings. The van der Waals surface area contributed by atoms with Crippen molar-refractivity contribution in [3.05, 3.63) is 48.0 Å². The molecule has 0 radical (unpaired) electrons. The number of rotatable bonds is 14. The quantitative estimate of drug-likeness (QED) is 0.218. The van der Waals surface area contributed by atoms with Crippen LogP contribution in [0.3, 0.4) is 0 Å². The molecule has 0 fully saturated rings. The van der Waals surface area contributed by atoms with Crippen molar-refractivity contribution < 1.29 is 39.5 Å². The van der Waals surface area contributed by atoms with Crippen LogP contribution in [-0.2, 0) is 42.9 Å². The van der Waals surface area contributed by atoms with Gasteiger partial charge in [-0.3, -0.25) is 8.37 Å². The highest BCUT2D eigenvalue weighted by atomic mass is 32.2. The summed E-state index contributed by atoms with van der Waals surface area (Å²) in [6, 6.07) is 13.3. The number of hydrogen-bond donors (Lipinski definition) is 0. The van der Waals surface area contributed by atoms with E-state index in [9.17, 15) is 21.6 Å². The maximum atomic E-state index is 12.9. The largest absolute Gasteiger partial charge is 0.460 e. The molecule has 2 rings (SSSR count). The van der Waals surface area contributed by atoms with Crippen LogP contribution in [0.4, 0.5) is 0 Å². The first-order chi connectivity index (χ1) is 15.5. The van der Waals surface area contributed by atoms with Crippen LogP contribution in [0.25, 0.3) is 10.8 Å². The van der Waals surface area contributed by atoms with Gasteiger partial charge in [0.2, 0.25) is 0 Å². The maximum absolute atomic E-state index is 12.9. The molecule has 2 aromatic rings. The molecule has 2 aromatic carbocycles. The summed E-state index contributed by atoms with van der Waals surface area (Å²) in [5.74, 6) is -0.592. The molecule has 0 spiro atoms. The molecule has 0 bridgehead atoms. The van der Waals surface area contributed by atoms with Gasteiger partial charge in [0, 0.05) is 7.11 Å². The highest BCUT2D eigenvalue weighted by Crippen LogP contribution is 2.25. The number of ether oxygens (including phenoxy) is 2.